The second-order valence-corrected chi connectivity index (χ2v) is 6.04. The Morgan fingerprint density at radius 1 is 1.09 bits per heavy atom. The first kappa shape index (κ1) is 14.1. The van der Waals surface area contributed by atoms with Crippen LogP contribution >= 0.6 is 15.9 Å². The van der Waals surface area contributed by atoms with Gasteiger partial charge in [0, 0.05) is 15.7 Å². The average Bonchev–Trinajstić information content (AvgIpc) is 3.04. The molecule has 2 aromatic carbocycles. The van der Waals surface area contributed by atoms with E-state index in [4.69, 9.17) is 0 Å². The highest BCUT2D eigenvalue weighted by molar-refractivity contribution is 9.10. The van der Waals surface area contributed by atoms with Crippen molar-refractivity contribution >= 4 is 27.6 Å². The lowest BCUT2D eigenvalue weighted by molar-refractivity contribution is 0.584. The molecule has 1 atom stereocenters. The lowest BCUT2D eigenvalue weighted by atomic mass is 10.0. The fourth-order valence-corrected chi connectivity index (χ4v) is 2.85. The average molecular weight is 372 g/mol. The van der Waals surface area contributed by atoms with Crippen molar-refractivity contribution in [3.05, 3.63) is 76.0 Å². The number of hydrogen-bond acceptors (Lipinski definition) is 4. The van der Waals surface area contributed by atoms with Crippen LogP contribution in [0.3, 0.4) is 0 Å². The van der Waals surface area contributed by atoms with E-state index in [-0.39, 0.29) is 11.9 Å². The molecule has 4 rings (SSSR count). The fourth-order valence-electron chi connectivity index (χ4n) is 2.59. The highest BCUT2D eigenvalue weighted by Crippen LogP contribution is 2.32. The van der Waals surface area contributed by atoms with Crippen LogP contribution < -0.4 is 5.32 Å². The van der Waals surface area contributed by atoms with E-state index in [2.05, 4.69) is 36.8 Å². The number of tetrazole rings is 1. The Morgan fingerprint density at radius 2 is 1.87 bits per heavy atom. The van der Waals surface area contributed by atoms with Crippen LogP contribution in [0.1, 0.15) is 17.2 Å². The van der Waals surface area contributed by atoms with Crippen molar-refractivity contribution in [2.24, 2.45) is 0 Å². The van der Waals surface area contributed by atoms with E-state index in [0.717, 1.165) is 10.0 Å². The topological polar surface area (TPSA) is 55.6 Å². The Balaban J connectivity index is 1.83. The van der Waals surface area contributed by atoms with Gasteiger partial charge in [0.05, 0.1) is 0 Å². The molecule has 114 valence electrons. The van der Waals surface area contributed by atoms with Crippen LogP contribution in [0, 0.1) is 5.82 Å². The molecule has 1 aromatic heterocycles. The van der Waals surface area contributed by atoms with Crippen molar-refractivity contribution in [1.29, 1.82) is 0 Å². The second kappa shape index (κ2) is 5.58. The fraction of sp³-hybridized carbons (Fsp3) is 0.0625. The quantitative estimate of drug-likeness (QED) is 0.747. The van der Waals surface area contributed by atoms with Gasteiger partial charge in [0.2, 0.25) is 5.95 Å². The Morgan fingerprint density at radius 3 is 2.65 bits per heavy atom. The summed E-state index contributed by atoms with van der Waals surface area (Å²) >= 11 is 3.43. The third kappa shape index (κ3) is 2.53. The number of aromatic nitrogens is 4. The molecule has 7 heteroatoms. The molecule has 0 fully saturated rings. The van der Waals surface area contributed by atoms with Crippen molar-refractivity contribution in [2.45, 2.75) is 6.04 Å². The molecule has 0 radical (unpaired) electrons. The van der Waals surface area contributed by atoms with Gasteiger partial charge >= 0.3 is 0 Å². The molecule has 0 spiro atoms. The number of rotatable bonds is 2. The number of nitrogens with one attached hydrogen (secondary N) is 1. The number of benzene rings is 2. The van der Waals surface area contributed by atoms with Crippen LogP contribution in [-0.2, 0) is 0 Å². The number of nitrogens with zero attached hydrogens (tertiary/aromatic N) is 4. The highest BCUT2D eigenvalue weighted by atomic mass is 79.9. The first-order valence-corrected chi connectivity index (χ1v) is 7.79. The molecule has 0 saturated carbocycles. The normalized spacial score (nSPS) is 16.4. The molecule has 2 heterocycles. The first-order chi connectivity index (χ1) is 11.2. The third-order valence-corrected chi connectivity index (χ3v) is 4.23. The van der Waals surface area contributed by atoms with Gasteiger partial charge in [-0.25, -0.2) is 4.39 Å². The van der Waals surface area contributed by atoms with Crippen LogP contribution in [0.2, 0.25) is 0 Å². The molecule has 0 aliphatic carbocycles. The van der Waals surface area contributed by atoms with Crippen molar-refractivity contribution in [3.63, 3.8) is 0 Å². The standard InChI is InChI=1S/C16H11BrFN5/c17-11-7-5-10(6-8-11)15-9-14(12-3-1-2-4-13(12)18)19-16-20-21-22-23(15)16/h1-9,15H,(H,19,20,22)/t15-/m1/s1. The maximum Gasteiger partial charge on any atom is 0.248 e. The number of halogens is 2. The van der Waals surface area contributed by atoms with Gasteiger partial charge in [-0.15, -0.1) is 0 Å². The minimum atomic E-state index is -0.290. The van der Waals surface area contributed by atoms with Crippen LogP contribution in [-0.4, -0.2) is 20.2 Å². The lowest BCUT2D eigenvalue weighted by Crippen LogP contribution is -2.20. The maximum absolute atomic E-state index is 14.1. The molecule has 1 aliphatic heterocycles. The van der Waals surface area contributed by atoms with E-state index in [1.165, 1.54) is 6.07 Å². The summed E-state index contributed by atoms with van der Waals surface area (Å²) in [5.41, 5.74) is 2.15. The monoisotopic (exact) mass is 371 g/mol. The molecule has 0 unspecified atom stereocenters. The Bertz CT molecular complexity index is 887. The summed E-state index contributed by atoms with van der Waals surface area (Å²) < 4.78 is 16.8. The number of hydrogen-bond donors (Lipinski definition) is 1. The van der Waals surface area contributed by atoms with Gasteiger partial charge in [-0.3, -0.25) is 0 Å². The molecule has 23 heavy (non-hydrogen) atoms. The van der Waals surface area contributed by atoms with E-state index in [1.54, 1.807) is 22.9 Å². The molecule has 0 bridgehead atoms. The van der Waals surface area contributed by atoms with Crippen molar-refractivity contribution < 1.29 is 4.39 Å². The third-order valence-electron chi connectivity index (χ3n) is 3.70. The molecule has 0 amide bonds. The zero-order valence-electron chi connectivity index (χ0n) is 11.8. The Kier molecular flexibility index (Phi) is 3.42. The SMILES string of the molecule is Fc1ccccc1C1=C[C@H](c2ccc(Br)cc2)n2nnnc2N1. The predicted octanol–water partition coefficient (Wildman–Crippen LogP) is 3.63. The van der Waals surface area contributed by atoms with E-state index in [9.17, 15) is 4.39 Å². The van der Waals surface area contributed by atoms with Crippen molar-refractivity contribution in [1.82, 2.24) is 20.2 Å². The van der Waals surface area contributed by atoms with Crippen LogP contribution in [0.15, 0.2) is 59.1 Å². The van der Waals surface area contributed by atoms with Gasteiger partial charge in [-0.2, -0.15) is 4.68 Å². The van der Waals surface area contributed by atoms with Crippen molar-refractivity contribution in [2.75, 3.05) is 5.32 Å². The maximum atomic E-state index is 14.1. The summed E-state index contributed by atoms with van der Waals surface area (Å²) in [6.07, 6.45) is 1.92. The largest absolute Gasteiger partial charge is 0.323 e. The summed E-state index contributed by atoms with van der Waals surface area (Å²) in [6, 6.07) is 14.3. The second-order valence-electron chi connectivity index (χ2n) is 5.13. The van der Waals surface area contributed by atoms with E-state index in [1.807, 2.05) is 30.3 Å². The zero-order valence-corrected chi connectivity index (χ0v) is 13.4. The summed E-state index contributed by atoms with van der Waals surface area (Å²) in [5.74, 6) is 0.195. The smallest absolute Gasteiger partial charge is 0.248 e. The number of allylic oxidation sites excluding steroid dienone is 1. The van der Waals surface area contributed by atoms with Gasteiger partial charge < -0.3 is 5.32 Å². The van der Waals surface area contributed by atoms with Gasteiger partial charge in [0.1, 0.15) is 11.9 Å². The molecular weight excluding hydrogens is 361 g/mol. The number of fused-ring (bicyclic) bond motifs is 1. The molecule has 5 nitrogen and oxygen atoms in total. The van der Waals surface area contributed by atoms with Crippen molar-refractivity contribution in [3.8, 4) is 0 Å². The molecule has 1 N–H and O–H groups in total. The summed E-state index contributed by atoms with van der Waals surface area (Å²) in [5, 5.41) is 14.8. The van der Waals surface area contributed by atoms with Crippen LogP contribution in [0.4, 0.5) is 10.3 Å². The predicted molar refractivity (Wildman–Crippen MR) is 88.1 cm³/mol. The minimum Gasteiger partial charge on any atom is -0.323 e. The van der Waals surface area contributed by atoms with Crippen LogP contribution in [0.5, 0.6) is 0 Å². The van der Waals surface area contributed by atoms with Crippen LogP contribution in [0.25, 0.3) is 5.70 Å². The molecule has 0 saturated heterocycles. The van der Waals surface area contributed by atoms with Gasteiger partial charge in [-0.1, -0.05) is 45.3 Å². The number of anilines is 1. The molecule has 3 aromatic rings. The summed E-state index contributed by atoms with van der Waals surface area (Å²) in [6.45, 7) is 0. The van der Waals surface area contributed by atoms with E-state index < -0.39 is 0 Å². The first-order valence-electron chi connectivity index (χ1n) is 6.99. The highest BCUT2D eigenvalue weighted by Gasteiger charge is 2.25. The molecular formula is C16H11BrFN5. The minimum absolute atomic E-state index is 0.205. The van der Waals surface area contributed by atoms with Gasteiger partial charge in [-0.05, 0) is 46.3 Å². The Hall–Kier alpha value is -2.54. The van der Waals surface area contributed by atoms with Gasteiger partial charge in [0.15, 0.2) is 0 Å². The lowest BCUT2D eigenvalue weighted by Gasteiger charge is -2.23. The van der Waals surface area contributed by atoms with Gasteiger partial charge in [0.25, 0.3) is 0 Å². The summed E-state index contributed by atoms with van der Waals surface area (Å²) in [4.78, 5) is 0. The summed E-state index contributed by atoms with van der Waals surface area (Å²) in [7, 11) is 0. The zero-order chi connectivity index (χ0) is 15.8. The van der Waals surface area contributed by atoms with E-state index >= 15 is 0 Å². The molecule has 1 aliphatic rings. The Labute approximate surface area is 140 Å². The van der Waals surface area contributed by atoms with E-state index in [0.29, 0.717) is 17.2 Å².